The van der Waals surface area contributed by atoms with E-state index in [9.17, 15) is 14.4 Å². The number of esters is 1. The van der Waals surface area contributed by atoms with Crippen molar-refractivity contribution in [1.82, 2.24) is 9.47 Å². The molecule has 4 aliphatic heterocycles. The molecular weight excluding hydrogens is 384 g/mol. The molecule has 1 fully saturated rings. The molecule has 2 aromatic rings. The second kappa shape index (κ2) is 7.00. The highest BCUT2D eigenvalue weighted by molar-refractivity contribution is 6.01. The normalized spacial score (nSPS) is 25.0. The number of piperidine rings is 1. The Hall–Kier alpha value is -3.09. The molecule has 1 aromatic heterocycles. The van der Waals surface area contributed by atoms with E-state index in [1.165, 1.54) is 6.92 Å². The van der Waals surface area contributed by atoms with Crippen molar-refractivity contribution in [3.8, 4) is 0 Å². The van der Waals surface area contributed by atoms with Gasteiger partial charge in [-0.25, -0.2) is 0 Å². The van der Waals surface area contributed by atoms with Gasteiger partial charge in [0.05, 0.1) is 17.5 Å². The van der Waals surface area contributed by atoms with Crippen LogP contribution < -0.4 is 0 Å². The molecule has 4 bridgehead atoms. The van der Waals surface area contributed by atoms with Gasteiger partial charge in [-0.1, -0.05) is 18.2 Å². The van der Waals surface area contributed by atoms with E-state index in [1.807, 2.05) is 36.1 Å². The third kappa shape index (κ3) is 2.83. The summed E-state index contributed by atoms with van der Waals surface area (Å²) in [6, 6.07) is 7.76. The third-order valence-corrected chi connectivity index (χ3v) is 6.64. The average molecular weight is 408 g/mol. The van der Waals surface area contributed by atoms with Crippen molar-refractivity contribution in [3.63, 3.8) is 0 Å². The minimum atomic E-state index is -0.495. The predicted molar refractivity (Wildman–Crippen MR) is 110 cm³/mol. The molecule has 1 saturated heterocycles. The Bertz CT molecular complexity index is 1100. The molecular formula is C23H24N2O5. The minimum Gasteiger partial charge on any atom is -0.498 e. The van der Waals surface area contributed by atoms with Crippen LogP contribution in [0, 0.1) is 11.8 Å². The summed E-state index contributed by atoms with van der Waals surface area (Å²) in [6.45, 7) is 4.29. The molecule has 5 heterocycles. The first-order chi connectivity index (χ1) is 14.5. The van der Waals surface area contributed by atoms with Gasteiger partial charge in [0.25, 0.3) is 5.91 Å². The Morgan fingerprint density at radius 1 is 1.27 bits per heavy atom. The summed E-state index contributed by atoms with van der Waals surface area (Å²) in [5.74, 6) is -0.462. The highest BCUT2D eigenvalue weighted by Crippen LogP contribution is 2.46. The number of hydrogen-bond acceptors (Lipinski definition) is 5. The van der Waals surface area contributed by atoms with Gasteiger partial charge < -0.3 is 14.4 Å². The highest BCUT2D eigenvalue weighted by Gasteiger charge is 2.45. The van der Waals surface area contributed by atoms with E-state index >= 15 is 0 Å². The van der Waals surface area contributed by atoms with E-state index in [0.29, 0.717) is 25.9 Å². The lowest BCUT2D eigenvalue weighted by Gasteiger charge is -2.43. The first-order valence-electron chi connectivity index (χ1n) is 10.4. The van der Waals surface area contributed by atoms with E-state index in [4.69, 9.17) is 9.47 Å². The summed E-state index contributed by atoms with van der Waals surface area (Å²) in [6.07, 6.45) is 2.82. The van der Waals surface area contributed by atoms with Gasteiger partial charge in [-0.3, -0.25) is 19.0 Å². The molecule has 0 aliphatic carbocycles. The maximum absolute atomic E-state index is 13.2. The molecule has 1 amide bonds. The molecule has 6 rings (SSSR count). The number of fused-ring (bicyclic) bond motifs is 3. The number of rotatable bonds is 2. The number of nitrogens with zero attached hydrogens (tertiary/aromatic N) is 2. The van der Waals surface area contributed by atoms with Crippen LogP contribution >= 0.6 is 0 Å². The van der Waals surface area contributed by atoms with Crippen LogP contribution in [0.25, 0.3) is 16.5 Å². The van der Waals surface area contributed by atoms with Crippen LogP contribution in [-0.2, 0) is 25.5 Å². The van der Waals surface area contributed by atoms with Crippen molar-refractivity contribution in [2.45, 2.75) is 32.8 Å². The topological polar surface area (TPSA) is 77.8 Å². The molecule has 4 aliphatic rings. The zero-order valence-corrected chi connectivity index (χ0v) is 17.1. The molecule has 7 nitrogen and oxygen atoms in total. The number of aromatic nitrogens is 1. The lowest BCUT2D eigenvalue weighted by atomic mass is 9.75. The lowest BCUT2D eigenvalue weighted by molar-refractivity contribution is -0.140. The van der Waals surface area contributed by atoms with E-state index in [0.717, 1.165) is 27.7 Å². The summed E-state index contributed by atoms with van der Waals surface area (Å²) in [7, 11) is 0. The van der Waals surface area contributed by atoms with Gasteiger partial charge >= 0.3 is 5.97 Å². The van der Waals surface area contributed by atoms with Gasteiger partial charge in [-0.05, 0) is 25.0 Å². The summed E-state index contributed by atoms with van der Waals surface area (Å²) in [5.41, 5.74) is 3.52. The number of allylic oxidation sites excluding steroid dienone is 1. The SMILES string of the molecule is CC(=O)OCC(=O)n1c2c(c3ccccc31)CCN1C[C@@H]3[C@H](CC1=O)C2=CO[C@@H]3C. The molecule has 156 valence electrons. The number of benzene rings is 1. The van der Waals surface area contributed by atoms with Crippen molar-refractivity contribution >= 4 is 34.3 Å². The van der Waals surface area contributed by atoms with Gasteiger partial charge in [0.1, 0.15) is 6.10 Å². The fourth-order valence-corrected chi connectivity index (χ4v) is 5.18. The van der Waals surface area contributed by atoms with Gasteiger partial charge in [0.15, 0.2) is 6.61 Å². The second-order valence-corrected chi connectivity index (χ2v) is 8.33. The number of para-hydroxylation sites is 1. The van der Waals surface area contributed by atoms with Crippen molar-refractivity contribution in [2.75, 3.05) is 19.7 Å². The molecule has 0 saturated carbocycles. The Labute approximate surface area is 174 Å². The standard InChI is InChI=1S/C23H24N2O5/c1-13-18-10-24-8-7-16-15-5-3-4-6-20(15)25(22(28)12-30-14(2)26)23(16)19(11-29-13)17(18)9-21(24)27/h3-6,11,13,17-18H,7-10,12H2,1-2H3/t13-,17+,18+/m1/s1. The second-order valence-electron chi connectivity index (χ2n) is 8.33. The van der Waals surface area contributed by atoms with Crippen LogP contribution in [-0.4, -0.2) is 53.1 Å². The van der Waals surface area contributed by atoms with E-state index < -0.39 is 5.97 Å². The largest absolute Gasteiger partial charge is 0.498 e. The molecule has 0 spiro atoms. The first kappa shape index (κ1) is 18.9. The van der Waals surface area contributed by atoms with E-state index in [-0.39, 0.29) is 36.4 Å². The summed E-state index contributed by atoms with van der Waals surface area (Å²) >= 11 is 0. The quantitative estimate of drug-likeness (QED) is 0.714. The van der Waals surface area contributed by atoms with Crippen LogP contribution in [0.15, 0.2) is 30.5 Å². The summed E-state index contributed by atoms with van der Waals surface area (Å²) < 4.78 is 12.7. The van der Waals surface area contributed by atoms with Gasteiger partial charge in [0, 0.05) is 49.2 Å². The molecule has 30 heavy (non-hydrogen) atoms. The number of hydrogen-bond donors (Lipinski definition) is 0. The Balaban J connectivity index is 1.74. The number of carbonyl (C=O) groups excluding carboxylic acids is 3. The van der Waals surface area contributed by atoms with Crippen LogP contribution in [0.4, 0.5) is 0 Å². The van der Waals surface area contributed by atoms with Crippen molar-refractivity contribution in [3.05, 3.63) is 41.8 Å². The lowest BCUT2D eigenvalue weighted by Crippen LogP contribution is -2.49. The molecule has 0 radical (unpaired) electrons. The zero-order chi connectivity index (χ0) is 21.0. The van der Waals surface area contributed by atoms with Gasteiger partial charge in [-0.15, -0.1) is 0 Å². The fraction of sp³-hybridized carbons (Fsp3) is 0.435. The average Bonchev–Trinajstić information content (AvgIpc) is 3.08. The van der Waals surface area contributed by atoms with Crippen LogP contribution in [0.3, 0.4) is 0 Å². The van der Waals surface area contributed by atoms with Crippen molar-refractivity contribution in [2.24, 2.45) is 11.8 Å². The zero-order valence-electron chi connectivity index (χ0n) is 17.1. The Morgan fingerprint density at radius 3 is 2.87 bits per heavy atom. The Morgan fingerprint density at radius 2 is 2.07 bits per heavy atom. The van der Waals surface area contributed by atoms with Crippen LogP contribution in [0.5, 0.6) is 0 Å². The molecule has 0 N–H and O–H groups in total. The third-order valence-electron chi connectivity index (χ3n) is 6.64. The summed E-state index contributed by atoms with van der Waals surface area (Å²) in [4.78, 5) is 39.2. The summed E-state index contributed by atoms with van der Waals surface area (Å²) in [5, 5.41) is 0.981. The van der Waals surface area contributed by atoms with Crippen molar-refractivity contribution in [1.29, 1.82) is 0 Å². The van der Waals surface area contributed by atoms with Crippen LogP contribution in [0.2, 0.25) is 0 Å². The van der Waals surface area contributed by atoms with E-state index in [1.54, 1.807) is 10.8 Å². The fourth-order valence-electron chi connectivity index (χ4n) is 5.18. The smallest absolute Gasteiger partial charge is 0.303 e. The maximum Gasteiger partial charge on any atom is 0.303 e. The van der Waals surface area contributed by atoms with Gasteiger partial charge in [0.2, 0.25) is 5.91 Å². The molecule has 3 atom stereocenters. The first-order valence-corrected chi connectivity index (χ1v) is 10.4. The number of ether oxygens (including phenoxy) is 2. The molecule has 1 aromatic carbocycles. The van der Waals surface area contributed by atoms with Crippen LogP contribution in [0.1, 0.15) is 36.3 Å². The van der Waals surface area contributed by atoms with Crippen molar-refractivity contribution < 1.29 is 23.9 Å². The monoisotopic (exact) mass is 408 g/mol. The number of carbonyl (C=O) groups is 3. The predicted octanol–water partition coefficient (Wildman–Crippen LogP) is 2.63. The molecule has 7 heteroatoms. The van der Waals surface area contributed by atoms with E-state index in [2.05, 4.69) is 0 Å². The highest BCUT2D eigenvalue weighted by atomic mass is 16.5. The molecule has 0 unspecified atom stereocenters. The van der Waals surface area contributed by atoms with Gasteiger partial charge in [-0.2, -0.15) is 0 Å². The maximum atomic E-state index is 13.2. The number of amides is 1. The Kier molecular flexibility index (Phi) is 4.41. The minimum absolute atomic E-state index is 0.000984.